The van der Waals surface area contributed by atoms with Crippen LogP contribution in [0.3, 0.4) is 0 Å². The summed E-state index contributed by atoms with van der Waals surface area (Å²) in [5.74, 6) is 0. The maximum absolute atomic E-state index is 12.4. The average Bonchev–Trinajstić information content (AvgIpc) is 2.48. The number of aryl methyl sites for hydroxylation is 1. The van der Waals surface area contributed by atoms with Crippen molar-refractivity contribution in [3.63, 3.8) is 0 Å². The van der Waals surface area contributed by atoms with Gasteiger partial charge in [-0.1, -0.05) is 31.4 Å². The molecule has 0 spiro atoms. The first kappa shape index (κ1) is 16.6. The summed E-state index contributed by atoms with van der Waals surface area (Å²) in [6.07, 6.45) is 6.51. The quantitative estimate of drug-likeness (QED) is 0.594. The highest BCUT2D eigenvalue weighted by Gasteiger charge is 2.27. The van der Waals surface area contributed by atoms with Gasteiger partial charge in [-0.15, -0.1) is 0 Å². The van der Waals surface area contributed by atoms with Gasteiger partial charge in [0.2, 0.25) is 10.0 Å². The molecule has 0 amide bonds. The standard InChI is InChI=1S/C15H23ClN2O2S/c16-17-11-5-7-13-6-4-8-14(12-13)18-21(19,20)15-9-2-1-3-10-15/h4,6,8,12,15,17-18H,1-3,5,7,9-11H2. The summed E-state index contributed by atoms with van der Waals surface area (Å²) in [5, 5.41) is -0.240. The molecule has 1 aromatic rings. The van der Waals surface area contributed by atoms with Gasteiger partial charge < -0.3 is 0 Å². The topological polar surface area (TPSA) is 58.2 Å². The van der Waals surface area contributed by atoms with Crippen molar-refractivity contribution in [2.75, 3.05) is 11.3 Å². The third-order valence-corrected chi connectivity index (χ3v) is 5.97. The number of sulfonamides is 1. The largest absolute Gasteiger partial charge is 0.283 e. The lowest BCUT2D eigenvalue weighted by molar-refractivity contribution is 0.486. The molecule has 2 rings (SSSR count). The van der Waals surface area contributed by atoms with Crippen LogP contribution in [0.1, 0.15) is 44.1 Å². The summed E-state index contributed by atoms with van der Waals surface area (Å²) < 4.78 is 27.5. The van der Waals surface area contributed by atoms with E-state index in [0.717, 1.165) is 57.1 Å². The second kappa shape index (κ2) is 8.01. The highest BCUT2D eigenvalue weighted by atomic mass is 35.5. The van der Waals surface area contributed by atoms with Crippen LogP contribution in [0.5, 0.6) is 0 Å². The number of rotatable bonds is 7. The summed E-state index contributed by atoms with van der Waals surface area (Å²) >= 11 is 5.43. The fraction of sp³-hybridized carbons (Fsp3) is 0.600. The zero-order valence-corrected chi connectivity index (χ0v) is 13.7. The van der Waals surface area contributed by atoms with E-state index >= 15 is 0 Å². The number of nitrogens with one attached hydrogen (secondary N) is 2. The summed E-state index contributed by atoms with van der Waals surface area (Å²) in [7, 11) is -3.26. The predicted molar refractivity (Wildman–Crippen MR) is 88.0 cm³/mol. The minimum atomic E-state index is -3.26. The fourth-order valence-corrected chi connectivity index (χ4v) is 4.48. The number of halogens is 1. The predicted octanol–water partition coefficient (Wildman–Crippen LogP) is 3.44. The fourth-order valence-electron chi connectivity index (χ4n) is 2.77. The SMILES string of the molecule is O=S(=O)(Nc1cccc(CCCNCl)c1)C1CCCCC1. The van der Waals surface area contributed by atoms with Gasteiger partial charge >= 0.3 is 0 Å². The molecule has 0 aliphatic heterocycles. The first-order valence-corrected chi connectivity index (χ1v) is 9.48. The summed E-state index contributed by atoms with van der Waals surface area (Å²) in [6.45, 7) is 0.736. The Morgan fingerprint density at radius 2 is 1.95 bits per heavy atom. The van der Waals surface area contributed by atoms with Gasteiger partial charge in [-0.05, 0) is 55.2 Å². The van der Waals surface area contributed by atoms with E-state index in [-0.39, 0.29) is 5.25 Å². The number of benzene rings is 1. The van der Waals surface area contributed by atoms with Gasteiger partial charge in [0.1, 0.15) is 0 Å². The van der Waals surface area contributed by atoms with E-state index in [4.69, 9.17) is 11.8 Å². The lowest BCUT2D eigenvalue weighted by Gasteiger charge is -2.22. The molecule has 4 nitrogen and oxygen atoms in total. The van der Waals surface area contributed by atoms with Crippen LogP contribution in [0.25, 0.3) is 0 Å². The molecule has 0 radical (unpaired) electrons. The molecule has 1 aliphatic carbocycles. The molecule has 1 aliphatic rings. The van der Waals surface area contributed by atoms with Crippen LogP contribution in [-0.4, -0.2) is 20.2 Å². The first-order valence-electron chi connectivity index (χ1n) is 7.56. The van der Waals surface area contributed by atoms with E-state index < -0.39 is 10.0 Å². The molecule has 2 N–H and O–H groups in total. The van der Waals surface area contributed by atoms with Crippen molar-refractivity contribution in [3.8, 4) is 0 Å². The normalized spacial score (nSPS) is 16.8. The van der Waals surface area contributed by atoms with Crippen LogP contribution in [0.2, 0.25) is 0 Å². The summed E-state index contributed by atoms with van der Waals surface area (Å²) in [6, 6.07) is 7.62. The highest BCUT2D eigenvalue weighted by Crippen LogP contribution is 2.25. The maximum atomic E-state index is 12.4. The van der Waals surface area contributed by atoms with Gasteiger partial charge in [-0.2, -0.15) is 0 Å². The Hall–Kier alpha value is -0.780. The Labute approximate surface area is 132 Å². The zero-order valence-electron chi connectivity index (χ0n) is 12.1. The van der Waals surface area contributed by atoms with Crippen molar-refractivity contribution in [2.24, 2.45) is 0 Å². The molecule has 0 unspecified atom stereocenters. The van der Waals surface area contributed by atoms with Gasteiger partial charge in [-0.3, -0.25) is 4.72 Å². The van der Waals surface area contributed by atoms with Crippen molar-refractivity contribution in [2.45, 2.75) is 50.2 Å². The Morgan fingerprint density at radius 3 is 2.67 bits per heavy atom. The van der Waals surface area contributed by atoms with Gasteiger partial charge in [0, 0.05) is 12.2 Å². The molecule has 1 aromatic carbocycles. The van der Waals surface area contributed by atoms with Crippen LogP contribution in [0.15, 0.2) is 24.3 Å². The molecule has 0 heterocycles. The van der Waals surface area contributed by atoms with Crippen LogP contribution < -0.4 is 9.56 Å². The van der Waals surface area contributed by atoms with Crippen LogP contribution >= 0.6 is 11.8 Å². The molecule has 118 valence electrons. The van der Waals surface area contributed by atoms with Crippen LogP contribution in [0.4, 0.5) is 5.69 Å². The molecule has 21 heavy (non-hydrogen) atoms. The Bertz CT molecular complexity index is 542. The molecule has 0 aromatic heterocycles. The van der Waals surface area contributed by atoms with Crippen molar-refractivity contribution in [1.82, 2.24) is 4.84 Å². The second-order valence-electron chi connectivity index (χ2n) is 5.59. The molecule has 1 fully saturated rings. The van der Waals surface area contributed by atoms with Crippen molar-refractivity contribution in [3.05, 3.63) is 29.8 Å². The lowest BCUT2D eigenvalue weighted by Crippen LogP contribution is -2.29. The molecular weight excluding hydrogens is 308 g/mol. The molecule has 0 saturated heterocycles. The summed E-state index contributed by atoms with van der Waals surface area (Å²) in [5.41, 5.74) is 1.78. The maximum Gasteiger partial charge on any atom is 0.235 e. The number of hydrogen-bond donors (Lipinski definition) is 2. The van der Waals surface area contributed by atoms with E-state index in [1.165, 1.54) is 0 Å². The molecule has 0 atom stereocenters. The minimum Gasteiger partial charge on any atom is -0.283 e. The van der Waals surface area contributed by atoms with E-state index in [1.54, 1.807) is 0 Å². The van der Waals surface area contributed by atoms with E-state index in [1.807, 2.05) is 24.3 Å². The third-order valence-electron chi connectivity index (χ3n) is 3.91. The Balaban J connectivity index is 1.99. The second-order valence-corrected chi connectivity index (χ2v) is 7.82. The van der Waals surface area contributed by atoms with E-state index in [2.05, 4.69) is 9.56 Å². The van der Waals surface area contributed by atoms with Crippen LogP contribution in [0, 0.1) is 0 Å². The van der Waals surface area contributed by atoms with Crippen molar-refractivity contribution >= 4 is 27.5 Å². The first-order chi connectivity index (χ1) is 10.1. The highest BCUT2D eigenvalue weighted by molar-refractivity contribution is 7.93. The van der Waals surface area contributed by atoms with E-state index in [0.29, 0.717) is 5.69 Å². The third kappa shape index (κ3) is 5.16. The van der Waals surface area contributed by atoms with Gasteiger partial charge in [0.15, 0.2) is 0 Å². The number of anilines is 1. The van der Waals surface area contributed by atoms with Crippen LogP contribution in [-0.2, 0) is 16.4 Å². The molecule has 0 bridgehead atoms. The van der Waals surface area contributed by atoms with E-state index in [9.17, 15) is 8.42 Å². The lowest BCUT2D eigenvalue weighted by atomic mass is 10.0. The van der Waals surface area contributed by atoms with Gasteiger partial charge in [0.05, 0.1) is 5.25 Å². The molecule has 1 saturated carbocycles. The van der Waals surface area contributed by atoms with Crippen molar-refractivity contribution in [1.29, 1.82) is 0 Å². The van der Waals surface area contributed by atoms with Gasteiger partial charge in [-0.25, -0.2) is 13.3 Å². The molecule has 6 heteroatoms. The van der Waals surface area contributed by atoms with Crippen molar-refractivity contribution < 1.29 is 8.42 Å². The minimum absolute atomic E-state index is 0.240. The number of hydrogen-bond acceptors (Lipinski definition) is 3. The Kier molecular flexibility index (Phi) is 6.33. The summed E-state index contributed by atoms with van der Waals surface area (Å²) in [4.78, 5) is 2.59. The molecular formula is C15H23ClN2O2S. The zero-order chi connectivity index (χ0) is 15.1. The van der Waals surface area contributed by atoms with Gasteiger partial charge in [0.25, 0.3) is 0 Å². The smallest absolute Gasteiger partial charge is 0.235 e. The Morgan fingerprint density at radius 1 is 1.19 bits per heavy atom. The average molecular weight is 331 g/mol. The monoisotopic (exact) mass is 330 g/mol.